The number of hydrogen-bond donors (Lipinski definition) is 1. The molecule has 7 heteroatoms. The number of aliphatic imine (C=N–C) groups is 1. The maximum atomic E-state index is 14.2. The van der Waals surface area contributed by atoms with Gasteiger partial charge in [-0.2, -0.15) is 0 Å². The fourth-order valence-electron chi connectivity index (χ4n) is 2.77. The molecule has 1 aliphatic rings. The molecule has 1 aromatic heterocycles. The van der Waals surface area contributed by atoms with Crippen LogP contribution in [0.2, 0.25) is 0 Å². The Hall–Kier alpha value is -1.64. The number of aromatic nitrogens is 2. The number of benzene rings is 1. The predicted molar refractivity (Wildman–Crippen MR) is 104 cm³/mol. The summed E-state index contributed by atoms with van der Waals surface area (Å²) in [6.45, 7) is 4.54. The summed E-state index contributed by atoms with van der Waals surface area (Å²) in [7, 11) is 0. The summed E-state index contributed by atoms with van der Waals surface area (Å²) in [5, 5.41) is 0. The van der Waals surface area contributed by atoms with E-state index in [2.05, 4.69) is 21.8 Å². The first-order valence-corrected chi connectivity index (χ1v) is 7.95. The van der Waals surface area contributed by atoms with Crippen molar-refractivity contribution in [2.75, 3.05) is 13.1 Å². The molecule has 0 atom stereocenters. The third-order valence-corrected chi connectivity index (χ3v) is 4.33. The van der Waals surface area contributed by atoms with Crippen molar-refractivity contribution in [3.8, 4) is 5.69 Å². The van der Waals surface area contributed by atoms with Gasteiger partial charge in [0, 0.05) is 25.5 Å². The van der Waals surface area contributed by atoms with Gasteiger partial charge in [0.25, 0.3) is 0 Å². The quantitative estimate of drug-likeness (QED) is 0.451. The van der Waals surface area contributed by atoms with Crippen molar-refractivity contribution in [2.45, 2.75) is 26.3 Å². The van der Waals surface area contributed by atoms with E-state index in [1.54, 1.807) is 29.4 Å². The molecule has 24 heavy (non-hydrogen) atoms. The van der Waals surface area contributed by atoms with Gasteiger partial charge in [-0.3, -0.25) is 0 Å². The van der Waals surface area contributed by atoms with Crippen LogP contribution in [0, 0.1) is 11.7 Å². The molecule has 1 aliphatic heterocycles. The van der Waals surface area contributed by atoms with Gasteiger partial charge in [0.1, 0.15) is 5.82 Å². The third-order valence-electron chi connectivity index (χ3n) is 4.33. The average Bonchev–Trinajstić information content (AvgIpc) is 3.07. The van der Waals surface area contributed by atoms with Gasteiger partial charge in [0.05, 0.1) is 18.6 Å². The Kier molecular flexibility index (Phi) is 6.59. The van der Waals surface area contributed by atoms with Crippen LogP contribution in [0.1, 0.15) is 25.3 Å². The highest BCUT2D eigenvalue weighted by molar-refractivity contribution is 14.0. The van der Waals surface area contributed by atoms with Gasteiger partial charge in [-0.1, -0.05) is 13.0 Å². The first-order chi connectivity index (χ1) is 11.1. The van der Waals surface area contributed by atoms with Crippen molar-refractivity contribution in [3.63, 3.8) is 0 Å². The number of rotatable bonds is 3. The topological polar surface area (TPSA) is 59.4 Å². The molecular weight excluding hydrogens is 420 g/mol. The number of guanidine groups is 1. The van der Waals surface area contributed by atoms with E-state index in [4.69, 9.17) is 5.73 Å². The van der Waals surface area contributed by atoms with Gasteiger partial charge in [0.2, 0.25) is 0 Å². The normalized spacial score (nSPS) is 16.1. The second-order valence-electron chi connectivity index (χ2n) is 6.10. The van der Waals surface area contributed by atoms with Crippen molar-refractivity contribution in [1.29, 1.82) is 0 Å². The summed E-state index contributed by atoms with van der Waals surface area (Å²) < 4.78 is 15.8. The Morgan fingerprint density at radius 1 is 1.38 bits per heavy atom. The minimum Gasteiger partial charge on any atom is -0.370 e. The molecule has 2 N–H and O–H groups in total. The molecular formula is C17H23FIN5. The van der Waals surface area contributed by atoms with E-state index in [1.807, 2.05) is 6.07 Å². The van der Waals surface area contributed by atoms with Crippen molar-refractivity contribution in [3.05, 3.63) is 48.3 Å². The zero-order valence-corrected chi connectivity index (χ0v) is 16.1. The summed E-state index contributed by atoms with van der Waals surface area (Å²) >= 11 is 0. The number of likely N-dealkylation sites (tertiary alicyclic amines) is 1. The van der Waals surface area contributed by atoms with Crippen molar-refractivity contribution in [2.24, 2.45) is 16.6 Å². The van der Waals surface area contributed by atoms with E-state index in [0.29, 0.717) is 18.2 Å². The Balaban J connectivity index is 0.00000208. The van der Waals surface area contributed by atoms with E-state index >= 15 is 0 Å². The van der Waals surface area contributed by atoms with E-state index in [1.165, 1.54) is 6.07 Å². The van der Waals surface area contributed by atoms with Crippen LogP contribution in [0.25, 0.3) is 5.69 Å². The summed E-state index contributed by atoms with van der Waals surface area (Å²) in [5.41, 5.74) is 7.34. The first-order valence-electron chi connectivity index (χ1n) is 7.95. The summed E-state index contributed by atoms with van der Waals surface area (Å²) in [6, 6.07) is 5.11. The van der Waals surface area contributed by atoms with Crippen LogP contribution in [0.4, 0.5) is 4.39 Å². The molecule has 0 radical (unpaired) electrons. The lowest BCUT2D eigenvalue weighted by Crippen LogP contribution is -2.42. The number of halogens is 2. The van der Waals surface area contributed by atoms with E-state index < -0.39 is 0 Å². The van der Waals surface area contributed by atoms with Gasteiger partial charge in [0.15, 0.2) is 5.96 Å². The van der Waals surface area contributed by atoms with Crippen molar-refractivity contribution in [1.82, 2.24) is 14.5 Å². The number of nitrogens with zero attached hydrogens (tertiary/aromatic N) is 4. The largest absolute Gasteiger partial charge is 0.370 e. The summed E-state index contributed by atoms with van der Waals surface area (Å²) in [6.07, 6.45) is 7.20. The number of nitrogens with two attached hydrogens (primary N) is 1. The van der Waals surface area contributed by atoms with Gasteiger partial charge in [-0.15, -0.1) is 24.0 Å². The van der Waals surface area contributed by atoms with Crippen molar-refractivity contribution < 1.29 is 4.39 Å². The standard InChI is InChI=1S/C17H22FN5.HI/c1-13-4-7-22(8-5-13)17(19)21-11-14-2-3-16(15(18)10-14)23-9-6-20-12-23;/h2-3,6,9-10,12-13H,4-5,7-8,11H2,1H3,(H2,19,21);1H. The Morgan fingerprint density at radius 2 is 2.12 bits per heavy atom. The fraction of sp³-hybridized carbons (Fsp3) is 0.412. The smallest absolute Gasteiger partial charge is 0.191 e. The highest BCUT2D eigenvalue weighted by atomic mass is 127. The first kappa shape index (κ1) is 18.7. The summed E-state index contributed by atoms with van der Waals surface area (Å²) in [4.78, 5) is 10.4. The maximum absolute atomic E-state index is 14.2. The molecule has 0 bridgehead atoms. The average molecular weight is 443 g/mol. The SMILES string of the molecule is CC1CCN(C(N)=NCc2ccc(-n3ccnc3)c(F)c2)CC1.I. The minimum atomic E-state index is -0.291. The second-order valence-corrected chi connectivity index (χ2v) is 6.10. The number of imidazole rings is 1. The van der Waals surface area contributed by atoms with Crippen molar-refractivity contribution >= 4 is 29.9 Å². The molecule has 0 saturated carbocycles. The van der Waals surface area contributed by atoms with E-state index in [-0.39, 0.29) is 29.8 Å². The van der Waals surface area contributed by atoms with Crippen LogP contribution in [0.3, 0.4) is 0 Å². The van der Waals surface area contributed by atoms with Crippen LogP contribution in [0.5, 0.6) is 0 Å². The van der Waals surface area contributed by atoms with Gasteiger partial charge >= 0.3 is 0 Å². The lowest BCUT2D eigenvalue weighted by atomic mass is 10.00. The Bertz CT molecular complexity index is 678. The van der Waals surface area contributed by atoms with Crippen LogP contribution in [0.15, 0.2) is 41.9 Å². The van der Waals surface area contributed by atoms with Crippen LogP contribution in [-0.2, 0) is 6.54 Å². The molecule has 3 rings (SSSR count). The molecule has 1 aromatic carbocycles. The predicted octanol–water partition coefficient (Wildman–Crippen LogP) is 3.18. The summed E-state index contributed by atoms with van der Waals surface area (Å²) in [5.74, 6) is 1.01. The molecule has 0 amide bonds. The molecule has 130 valence electrons. The maximum Gasteiger partial charge on any atom is 0.191 e. The Morgan fingerprint density at radius 3 is 2.75 bits per heavy atom. The Labute approximate surface area is 158 Å². The molecule has 5 nitrogen and oxygen atoms in total. The lowest BCUT2D eigenvalue weighted by molar-refractivity contribution is 0.277. The molecule has 0 spiro atoms. The molecule has 0 unspecified atom stereocenters. The molecule has 1 fully saturated rings. The minimum absolute atomic E-state index is 0. The van der Waals surface area contributed by atoms with E-state index in [9.17, 15) is 4.39 Å². The molecule has 1 saturated heterocycles. The molecule has 0 aliphatic carbocycles. The molecule has 2 aromatic rings. The monoisotopic (exact) mass is 443 g/mol. The zero-order valence-electron chi connectivity index (χ0n) is 13.7. The van der Waals surface area contributed by atoms with Crippen LogP contribution < -0.4 is 5.73 Å². The molecule has 2 heterocycles. The highest BCUT2D eigenvalue weighted by Crippen LogP contribution is 2.17. The fourth-order valence-corrected chi connectivity index (χ4v) is 2.77. The highest BCUT2D eigenvalue weighted by Gasteiger charge is 2.16. The van der Waals surface area contributed by atoms with Gasteiger partial charge in [-0.05, 0) is 36.5 Å². The van der Waals surface area contributed by atoms with Crippen LogP contribution >= 0.6 is 24.0 Å². The second kappa shape index (κ2) is 8.46. The van der Waals surface area contributed by atoms with Gasteiger partial charge < -0.3 is 15.2 Å². The third kappa shape index (κ3) is 4.46. The van der Waals surface area contributed by atoms with Crippen LogP contribution in [-0.4, -0.2) is 33.5 Å². The number of hydrogen-bond acceptors (Lipinski definition) is 2. The lowest BCUT2D eigenvalue weighted by Gasteiger charge is -2.31. The van der Waals surface area contributed by atoms with Gasteiger partial charge in [-0.25, -0.2) is 14.4 Å². The zero-order chi connectivity index (χ0) is 16.2. The number of piperidine rings is 1. The van der Waals surface area contributed by atoms with E-state index in [0.717, 1.165) is 37.4 Å².